The smallest absolute Gasteiger partial charge is 0.0233 e. The van der Waals surface area contributed by atoms with Crippen LogP contribution in [0.2, 0.25) is 0 Å². The van der Waals surface area contributed by atoms with Gasteiger partial charge in [0, 0.05) is 39.3 Å². The summed E-state index contributed by atoms with van der Waals surface area (Å²) in [5.41, 5.74) is 8.21. The number of nitrogens with zero attached hydrogens (tertiary/aromatic N) is 2. The molecule has 22 rings (SSSR count). The lowest BCUT2D eigenvalue weighted by molar-refractivity contribution is 0.256. The van der Waals surface area contributed by atoms with E-state index >= 15 is 0 Å². The van der Waals surface area contributed by atoms with Gasteiger partial charge in [-0.2, -0.15) is 0 Å². The van der Waals surface area contributed by atoms with Crippen molar-refractivity contribution in [2.75, 3.05) is 52.4 Å². The summed E-state index contributed by atoms with van der Waals surface area (Å²) in [4.78, 5) is 5.32. The zero-order valence-electron chi connectivity index (χ0n) is 32.0. The van der Waals surface area contributed by atoms with Crippen LogP contribution in [0.3, 0.4) is 0 Å². The van der Waals surface area contributed by atoms with E-state index in [1.54, 1.807) is 0 Å². The maximum Gasteiger partial charge on any atom is 0.0233 e. The first kappa shape index (κ1) is 36.8. The molecule has 4 N–H and O–H groups in total. The first-order valence-electron chi connectivity index (χ1n) is 20.5. The van der Waals surface area contributed by atoms with E-state index in [1.165, 1.54) is 65.7 Å². The van der Waals surface area contributed by atoms with Crippen molar-refractivity contribution < 1.29 is 0 Å². The zero-order valence-corrected chi connectivity index (χ0v) is 32.0. The third kappa shape index (κ3) is 10.1. The molecule has 54 heavy (non-hydrogen) atoms. The van der Waals surface area contributed by atoms with E-state index in [1.807, 2.05) is 0 Å². The molecular weight excluding hydrogens is 661 g/mol. The Kier molecular flexibility index (Phi) is 12.6. The average Bonchev–Trinajstić information content (AvgIpc) is 3.19. The molecule has 0 fully saturated rings. The molecule has 280 valence electrons. The lowest BCUT2D eigenvalue weighted by atomic mass is 10.0. The van der Waals surface area contributed by atoms with Crippen molar-refractivity contribution in [3.05, 3.63) is 143 Å². The summed E-state index contributed by atoms with van der Waals surface area (Å²) < 4.78 is 0. The molecule has 0 unspecified atom stereocenters. The molecule has 6 aromatic rings. The van der Waals surface area contributed by atoms with Gasteiger partial charge in [0.2, 0.25) is 0 Å². The Labute approximate surface area is 322 Å². The van der Waals surface area contributed by atoms with E-state index in [0.29, 0.717) is 0 Å². The van der Waals surface area contributed by atoms with E-state index in [4.69, 9.17) is 0 Å². The topological polar surface area (TPSA) is 54.6 Å². The molecular formula is C48H58N6. The first-order valence-corrected chi connectivity index (χ1v) is 20.5. The van der Waals surface area contributed by atoms with E-state index in [-0.39, 0.29) is 0 Å². The lowest BCUT2D eigenvalue weighted by Crippen LogP contribution is -2.30. The van der Waals surface area contributed by atoms with Gasteiger partial charge in [0.25, 0.3) is 0 Å². The Morgan fingerprint density at radius 3 is 0.815 bits per heavy atom. The molecule has 6 aromatic carbocycles. The van der Waals surface area contributed by atoms with Crippen LogP contribution in [0.15, 0.2) is 109 Å². The fraction of sp³-hybridized carbons (Fsp3) is 0.375. The van der Waals surface area contributed by atoms with Crippen molar-refractivity contribution >= 4 is 32.3 Å². The number of benzene rings is 6. The number of hydrogen-bond donors (Lipinski definition) is 4. The normalized spacial score (nSPS) is 20.4. The molecule has 0 spiro atoms. The standard InChI is InChI=1S/C48H58N6/c1-17-49-31-37-5-11-44-26-39(6-12-43(44)25-37)33-51-19-3-23-54-24-4-20-52-34-40-8-14-45-27-38(7-13-46(45)28-40)32-50-18-2-22-53(21-1)35-41-9-15-48-30-42(36-54)10-16-47(48)29-41/h5-16,25-30,49-52H,1-4,17-24,31-36H2. The molecule has 16 aliphatic heterocycles. The molecule has 6 heteroatoms. The molecule has 0 radical (unpaired) electrons. The summed E-state index contributed by atoms with van der Waals surface area (Å²) in [5.74, 6) is 0. The molecule has 0 saturated heterocycles. The van der Waals surface area contributed by atoms with Crippen LogP contribution >= 0.6 is 0 Å². The van der Waals surface area contributed by atoms with Gasteiger partial charge in [-0.25, -0.2) is 0 Å². The summed E-state index contributed by atoms with van der Waals surface area (Å²) in [7, 11) is 0. The van der Waals surface area contributed by atoms with Crippen molar-refractivity contribution in [1.82, 2.24) is 31.1 Å². The highest BCUT2D eigenvalue weighted by molar-refractivity contribution is 5.85. The highest BCUT2D eigenvalue weighted by Crippen LogP contribution is 2.22. The predicted octanol–water partition coefficient (Wildman–Crippen LogP) is 8.10. The van der Waals surface area contributed by atoms with Crippen LogP contribution in [-0.4, -0.2) is 62.2 Å². The van der Waals surface area contributed by atoms with E-state index < -0.39 is 0 Å². The second-order valence-corrected chi connectivity index (χ2v) is 15.7. The van der Waals surface area contributed by atoms with Crippen molar-refractivity contribution in [3.8, 4) is 0 Å². The highest BCUT2D eigenvalue weighted by Gasteiger charge is 2.11. The quantitative estimate of drug-likeness (QED) is 0.128. The Bertz CT molecular complexity index is 1880. The molecule has 6 nitrogen and oxygen atoms in total. The molecule has 0 aliphatic carbocycles. The third-order valence-electron chi connectivity index (χ3n) is 11.3. The fourth-order valence-electron chi connectivity index (χ4n) is 8.37. The molecule has 16 heterocycles. The Morgan fingerprint density at radius 2 is 0.537 bits per heavy atom. The predicted molar refractivity (Wildman–Crippen MR) is 228 cm³/mol. The van der Waals surface area contributed by atoms with Crippen molar-refractivity contribution in [3.63, 3.8) is 0 Å². The third-order valence-corrected chi connectivity index (χ3v) is 11.3. The van der Waals surface area contributed by atoms with Gasteiger partial charge >= 0.3 is 0 Å². The van der Waals surface area contributed by atoms with Crippen LogP contribution < -0.4 is 21.3 Å². The van der Waals surface area contributed by atoms with Gasteiger partial charge in [0.15, 0.2) is 0 Å². The summed E-state index contributed by atoms with van der Waals surface area (Å²) in [6, 6.07) is 42.1. The van der Waals surface area contributed by atoms with Crippen molar-refractivity contribution in [2.24, 2.45) is 0 Å². The number of rotatable bonds is 0. The fourth-order valence-corrected chi connectivity index (χ4v) is 8.37. The molecule has 0 amide bonds. The van der Waals surface area contributed by atoms with Crippen LogP contribution in [0.4, 0.5) is 0 Å². The largest absolute Gasteiger partial charge is 0.313 e. The minimum absolute atomic E-state index is 0.902. The first-order chi connectivity index (χ1) is 26.7. The summed E-state index contributed by atoms with van der Waals surface area (Å²) in [6.07, 6.45) is 4.50. The van der Waals surface area contributed by atoms with Crippen LogP contribution in [0.1, 0.15) is 59.1 Å². The second-order valence-electron chi connectivity index (χ2n) is 15.7. The number of nitrogens with one attached hydrogen (secondary N) is 4. The summed E-state index contributed by atoms with van der Waals surface area (Å²) in [5, 5.41) is 23.0. The Morgan fingerprint density at radius 1 is 0.296 bits per heavy atom. The van der Waals surface area contributed by atoms with Gasteiger partial charge < -0.3 is 21.3 Å². The monoisotopic (exact) mass is 718 g/mol. The molecule has 0 aromatic heterocycles. The van der Waals surface area contributed by atoms with Gasteiger partial charge in [-0.05, 0) is 180 Å². The average molecular weight is 719 g/mol. The summed E-state index contributed by atoms with van der Waals surface area (Å²) >= 11 is 0. The van der Waals surface area contributed by atoms with Crippen LogP contribution in [-0.2, 0) is 39.3 Å². The molecule has 14 bridgehead atoms. The van der Waals surface area contributed by atoms with Crippen LogP contribution in [0.5, 0.6) is 0 Å². The maximum atomic E-state index is 3.74. The molecule has 16 aliphatic rings. The zero-order chi connectivity index (χ0) is 36.4. The minimum atomic E-state index is 0.902. The van der Waals surface area contributed by atoms with E-state index in [0.717, 1.165) is 117 Å². The van der Waals surface area contributed by atoms with Gasteiger partial charge in [-0.1, -0.05) is 72.8 Å². The maximum absolute atomic E-state index is 3.74. The summed E-state index contributed by atoms with van der Waals surface area (Å²) in [6.45, 7) is 13.9. The second kappa shape index (κ2) is 18.5. The van der Waals surface area contributed by atoms with E-state index in [2.05, 4.69) is 140 Å². The number of hydrogen-bond acceptors (Lipinski definition) is 6. The van der Waals surface area contributed by atoms with Gasteiger partial charge in [0.05, 0.1) is 0 Å². The van der Waals surface area contributed by atoms with Crippen LogP contribution in [0, 0.1) is 0 Å². The van der Waals surface area contributed by atoms with Crippen molar-refractivity contribution in [2.45, 2.75) is 65.0 Å². The minimum Gasteiger partial charge on any atom is -0.313 e. The van der Waals surface area contributed by atoms with Gasteiger partial charge in [-0.15, -0.1) is 0 Å². The molecule has 0 saturated carbocycles. The van der Waals surface area contributed by atoms with E-state index in [9.17, 15) is 0 Å². The molecule has 0 atom stereocenters. The Hall–Kier alpha value is -4.14. The van der Waals surface area contributed by atoms with Crippen LogP contribution in [0.25, 0.3) is 32.3 Å². The SMILES string of the molecule is c1cc2cc3ccc2cc1CNCCCN1CCCNCc2ccc4cc(ccc4c2)CNCCCN(CCCNC3)Cc2ccc3cc(ccc3c2)C1. The van der Waals surface area contributed by atoms with Gasteiger partial charge in [0.1, 0.15) is 0 Å². The Balaban J connectivity index is 1.04. The highest BCUT2D eigenvalue weighted by atomic mass is 15.1. The lowest BCUT2D eigenvalue weighted by Gasteiger charge is -2.24. The van der Waals surface area contributed by atoms with Gasteiger partial charge in [-0.3, -0.25) is 9.80 Å². The van der Waals surface area contributed by atoms with Crippen molar-refractivity contribution in [1.29, 1.82) is 0 Å².